The number of aliphatic hydroxyl groups excluding tert-OH is 6. The summed E-state index contributed by atoms with van der Waals surface area (Å²) in [6.07, 6.45) is 0.193. The molecular weight excluding hydrogens is 240 g/mol. The van der Waals surface area contributed by atoms with Crippen LogP contribution in [0.15, 0.2) is 0 Å². The van der Waals surface area contributed by atoms with Gasteiger partial charge in [-0.1, -0.05) is 0 Å². The minimum absolute atomic E-state index is 0.0610. The Balaban J connectivity index is 4.02. The summed E-state index contributed by atoms with van der Waals surface area (Å²) in [6, 6.07) is 0. The summed E-state index contributed by atoms with van der Waals surface area (Å²) in [7, 11) is 0. The Morgan fingerprint density at radius 1 is 0.722 bits per heavy atom. The average Bonchev–Trinajstić information content (AvgIpc) is 2.40. The van der Waals surface area contributed by atoms with Crippen LogP contribution in [0.1, 0.15) is 32.1 Å². The largest absolute Gasteiger partial charge is 0.396 e. The fourth-order valence-electron chi connectivity index (χ4n) is 1.69. The molecule has 0 aliphatic rings. The molecule has 0 rings (SSSR count). The van der Waals surface area contributed by atoms with E-state index in [2.05, 4.69) is 0 Å². The van der Waals surface area contributed by atoms with E-state index in [1.165, 1.54) is 0 Å². The van der Waals surface area contributed by atoms with E-state index >= 15 is 0 Å². The fourth-order valence-corrected chi connectivity index (χ4v) is 1.69. The highest BCUT2D eigenvalue weighted by atomic mass is 16.3. The van der Waals surface area contributed by atoms with Crippen LogP contribution in [0.4, 0.5) is 0 Å². The molecule has 110 valence electrons. The van der Waals surface area contributed by atoms with Crippen molar-refractivity contribution < 1.29 is 30.6 Å². The summed E-state index contributed by atoms with van der Waals surface area (Å²) in [5, 5.41) is 55.3. The molecule has 6 nitrogen and oxygen atoms in total. The van der Waals surface area contributed by atoms with Gasteiger partial charge in [-0.15, -0.1) is 0 Å². The molecule has 0 amide bonds. The lowest BCUT2D eigenvalue weighted by molar-refractivity contribution is -0.0325. The summed E-state index contributed by atoms with van der Waals surface area (Å²) in [6.45, 7) is -1.04. The highest BCUT2D eigenvalue weighted by Gasteiger charge is 2.29. The number of rotatable bonds is 11. The zero-order valence-corrected chi connectivity index (χ0v) is 10.7. The maximum Gasteiger partial charge on any atom is 0.0799 e. The molecule has 2 unspecified atom stereocenters. The topological polar surface area (TPSA) is 121 Å². The molecule has 0 bridgehead atoms. The van der Waals surface area contributed by atoms with Crippen molar-refractivity contribution in [1.29, 1.82) is 0 Å². The molecule has 6 heteroatoms. The van der Waals surface area contributed by atoms with Gasteiger partial charge in [-0.05, 0) is 32.1 Å². The lowest BCUT2D eigenvalue weighted by Crippen LogP contribution is -2.36. The number of unbranched alkanes of at least 4 members (excludes halogenated alkanes) is 1. The molecular formula is C12H26O6. The molecule has 0 aromatic carbocycles. The summed E-state index contributed by atoms with van der Waals surface area (Å²) in [4.78, 5) is 0. The van der Waals surface area contributed by atoms with Crippen LogP contribution in [-0.4, -0.2) is 69.3 Å². The monoisotopic (exact) mass is 266 g/mol. The van der Waals surface area contributed by atoms with Gasteiger partial charge < -0.3 is 30.6 Å². The van der Waals surface area contributed by atoms with Crippen LogP contribution in [0, 0.1) is 5.41 Å². The predicted octanol–water partition coefficient (Wildman–Crippen LogP) is -1.39. The van der Waals surface area contributed by atoms with E-state index in [1.54, 1.807) is 0 Å². The van der Waals surface area contributed by atoms with Crippen LogP contribution >= 0.6 is 0 Å². The quantitative estimate of drug-likeness (QED) is 0.256. The first kappa shape index (κ1) is 17.8. The van der Waals surface area contributed by atoms with Gasteiger partial charge in [0, 0.05) is 12.0 Å². The van der Waals surface area contributed by atoms with Crippen molar-refractivity contribution in [2.45, 2.75) is 44.3 Å². The van der Waals surface area contributed by atoms with Gasteiger partial charge >= 0.3 is 0 Å². The Labute approximate surface area is 108 Å². The molecule has 0 aliphatic carbocycles. The third kappa shape index (κ3) is 6.08. The third-order valence-corrected chi connectivity index (χ3v) is 3.33. The van der Waals surface area contributed by atoms with Crippen molar-refractivity contribution in [2.24, 2.45) is 5.41 Å². The lowest BCUT2D eigenvalue weighted by Gasteiger charge is -2.29. The maximum atomic E-state index is 9.71. The van der Waals surface area contributed by atoms with Crippen molar-refractivity contribution in [3.8, 4) is 0 Å². The van der Waals surface area contributed by atoms with Gasteiger partial charge in [0.25, 0.3) is 0 Å². The summed E-state index contributed by atoms with van der Waals surface area (Å²) < 4.78 is 0. The van der Waals surface area contributed by atoms with Crippen LogP contribution in [-0.2, 0) is 0 Å². The van der Waals surface area contributed by atoms with Gasteiger partial charge in [0.15, 0.2) is 0 Å². The van der Waals surface area contributed by atoms with Gasteiger partial charge in [-0.2, -0.15) is 0 Å². The normalized spacial score (nSPS) is 15.7. The van der Waals surface area contributed by atoms with Crippen molar-refractivity contribution in [3.63, 3.8) is 0 Å². The molecule has 0 saturated carbocycles. The molecule has 0 aliphatic heterocycles. The van der Waals surface area contributed by atoms with E-state index in [9.17, 15) is 10.2 Å². The SMILES string of the molecule is OCCCCC(O)C(O)CCC(CO)(CO)CO. The van der Waals surface area contributed by atoms with Crippen molar-refractivity contribution in [2.75, 3.05) is 26.4 Å². The molecule has 0 aromatic rings. The first-order valence-corrected chi connectivity index (χ1v) is 6.35. The van der Waals surface area contributed by atoms with Crippen LogP contribution in [0.25, 0.3) is 0 Å². The molecule has 0 fully saturated rings. The van der Waals surface area contributed by atoms with Gasteiger partial charge in [-0.25, -0.2) is 0 Å². The van der Waals surface area contributed by atoms with Crippen LogP contribution in [0.5, 0.6) is 0 Å². The van der Waals surface area contributed by atoms with E-state index in [1.807, 2.05) is 0 Å². The van der Waals surface area contributed by atoms with E-state index in [-0.39, 0.29) is 39.3 Å². The van der Waals surface area contributed by atoms with Crippen molar-refractivity contribution >= 4 is 0 Å². The Morgan fingerprint density at radius 3 is 1.67 bits per heavy atom. The van der Waals surface area contributed by atoms with Gasteiger partial charge in [0.05, 0.1) is 32.0 Å². The minimum Gasteiger partial charge on any atom is -0.396 e. The molecule has 0 aromatic heterocycles. The molecule has 2 atom stereocenters. The second-order valence-electron chi connectivity index (χ2n) is 4.87. The number of hydrogen-bond donors (Lipinski definition) is 6. The van der Waals surface area contributed by atoms with Gasteiger partial charge in [0.2, 0.25) is 0 Å². The zero-order valence-electron chi connectivity index (χ0n) is 10.7. The second-order valence-corrected chi connectivity index (χ2v) is 4.87. The highest BCUT2D eigenvalue weighted by Crippen LogP contribution is 2.24. The summed E-state index contributed by atoms with van der Waals surface area (Å²) in [5.41, 5.74) is -1.01. The smallest absolute Gasteiger partial charge is 0.0799 e. The van der Waals surface area contributed by atoms with E-state index in [0.717, 1.165) is 0 Å². The van der Waals surface area contributed by atoms with E-state index in [4.69, 9.17) is 20.4 Å². The Bertz CT molecular complexity index is 187. The molecule has 0 spiro atoms. The first-order chi connectivity index (χ1) is 8.55. The molecule has 0 radical (unpaired) electrons. The molecule has 0 heterocycles. The van der Waals surface area contributed by atoms with Crippen molar-refractivity contribution in [1.82, 2.24) is 0 Å². The van der Waals surface area contributed by atoms with Crippen molar-refractivity contribution in [3.05, 3.63) is 0 Å². The second kappa shape index (κ2) is 9.66. The fraction of sp³-hybridized carbons (Fsp3) is 1.00. The average molecular weight is 266 g/mol. The molecule has 0 saturated heterocycles. The van der Waals surface area contributed by atoms with Crippen LogP contribution < -0.4 is 0 Å². The third-order valence-electron chi connectivity index (χ3n) is 3.33. The van der Waals surface area contributed by atoms with Gasteiger partial charge in [0.1, 0.15) is 0 Å². The first-order valence-electron chi connectivity index (χ1n) is 6.35. The van der Waals surface area contributed by atoms with E-state index in [0.29, 0.717) is 19.3 Å². The zero-order chi connectivity index (χ0) is 14.0. The summed E-state index contributed by atoms with van der Waals surface area (Å²) in [5.74, 6) is 0. The molecule has 18 heavy (non-hydrogen) atoms. The van der Waals surface area contributed by atoms with Crippen LogP contribution in [0.2, 0.25) is 0 Å². The molecule has 6 N–H and O–H groups in total. The lowest BCUT2D eigenvalue weighted by atomic mass is 9.84. The maximum absolute atomic E-state index is 9.71. The Hall–Kier alpha value is -0.240. The van der Waals surface area contributed by atoms with Gasteiger partial charge in [-0.3, -0.25) is 0 Å². The number of hydrogen-bond acceptors (Lipinski definition) is 6. The highest BCUT2D eigenvalue weighted by molar-refractivity contribution is 4.79. The number of aliphatic hydroxyl groups is 6. The minimum atomic E-state index is -1.01. The predicted molar refractivity (Wildman–Crippen MR) is 65.9 cm³/mol. The Kier molecular flexibility index (Phi) is 9.53. The standard InChI is InChI=1S/C12H26O6/c13-6-2-1-3-10(17)11(18)4-5-12(7-14,8-15)9-16/h10-11,13-18H,1-9H2. The van der Waals surface area contributed by atoms with Crippen LogP contribution in [0.3, 0.4) is 0 Å². The summed E-state index contributed by atoms with van der Waals surface area (Å²) >= 11 is 0. The Morgan fingerprint density at radius 2 is 1.22 bits per heavy atom. The van der Waals surface area contributed by atoms with E-state index < -0.39 is 17.6 Å².